The molecule has 3 aliphatic rings. The lowest BCUT2D eigenvalue weighted by Crippen LogP contribution is -2.62. The first-order chi connectivity index (χ1) is 14.6. The summed E-state index contributed by atoms with van der Waals surface area (Å²) in [5.74, 6) is 0.209. The second kappa shape index (κ2) is 14.4. The van der Waals surface area contributed by atoms with E-state index in [0.717, 1.165) is 84.5 Å². The van der Waals surface area contributed by atoms with E-state index in [4.69, 9.17) is 5.73 Å². The van der Waals surface area contributed by atoms with Crippen LogP contribution in [0.5, 0.6) is 0 Å². The topological polar surface area (TPSA) is 103 Å². The Morgan fingerprint density at radius 2 is 1.37 bits per heavy atom. The minimum atomic E-state index is -0.215. The molecule has 3 fully saturated rings. The smallest absolute Gasteiger partial charge is 0.220 e. The molecule has 176 valence electrons. The molecular weight excluding hydrogens is 376 g/mol. The highest BCUT2D eigenvalue weighted by molar-refractivity contribution is 5.76. The van der Waals surface area contributed by atoms with Gasteiger partial charge in [0.2, 0.25) is 5.91 Å². The van der Waals surface area contributed by atoms with E-state index in [1.165, 1.54) is 32.1 Å². The summed E-state index contributed by atoms with van der Waals surface area (Å²) in [6, 6.07) is 0. The number of fused-ring (bicyclic) bond motifs is 15. The molecule has 0 aromatic carbocycles. The van der Waals surface area contributed by atoms with Crippen molar-refractivity contribution in [3.05, 3.63) is 0 Å². The quantitative estimate of drug-likeness (QED) is 0.359. The molecule has 3 aliphatic heterocycles. The summed E-state index contributed by atoms with van der Waals surface area (Å²) in [5, 5.41) is 17.8. The summed E-state index contributed by atoms with van der Waals surface area (Å²) in [5.41, 5.74) is 6.33. The normalized spacial score (nSPS) is 30.3. The van der Waals surface area contributed by atoms with Gasteiger partial charge in [-0.15, -0.1) is 0 Å². The van der Waals surface area contributed by atoms with Gasteiger partial charge >= 0.3 is 0 Å². The molecule has 0 aliphatic carbocycles. The molecule has 3 saturated heterocycles. The minimum Gasteiger partial charge on any atom is -0.348 e. The Morgan fingerprint density at radius 3 is 1.97 bits per heavy atom. The van der Waals surface area contributed by atoms with Crippen molar-refractivity contribution in [1.29, 1.82) is 0 Å². The lowest BCUT2D eigenvalue weighted by molar-refractivity contribution is -0.123. The maximum absolute atomic E-state index is 12.8. The van der Waals surface area contributed by atoms with Gasteiger partial charge in [-0.2, -0.15) is 0 Å². The zero-order valence-corrected chi connectivity index (χ0v) is 19.4. The molecule has 0 atom stereocenters. The van der Waals surface area contributed by atoms with Crippen LogP contribution in [0.3, 0.4) is 0 Å². The van der Waals surface area contributed by atoms with E-state index in [9.17, 15) is 4.79 Å². The van der Waals surface area contributed by atoms with Crippen LogP contribution in [-0.4, -0.2) is 69.3 Å². The van der Waals surface area contributed by atoms with Gasteiger partial charge < -0.3 is 32.3 Å². The molecule has 0 spiro atoms. The molecular formula is C23H48N6O. The second-order valence-electron chi connectivity index (χ2n) is 9.62. The van der Waals surface area contributed by atoms with E-state index in [0.29, 0.717) is 6.42 Å². The molecule has 2 bridgehead atoms. The Kier molecular flexibility index (Phi) is 12.2. The molecule has 7 N–H and O–H groups in total. The van der Waals surface area contributed by atoms with Crippen molar-refractivity contribution >= 4 is 5.91 Å². The Labute approximate surface area is 184 Å². The van der Waals surface area contributed by atoms with E-state index in [2.05, 4.69) is 33.5 Å². The number of amides is 1. The van der Waals surface area contributed by atoms with Crippen molar-refractivity contribution in [2.45, 2.75) is 88.6 Å². The molecule has 0 aromatic rings. The van der Waals surface area contributed by atoms with Crippen LogP contribution >= 0.6 is 0 Å². The third-order valence-corrected chi connectivity index (χ3v) is 6.58. The van der Waals surface area contributed by atoms with Crippen LogP contribution in [0, 0.1) is 0 Å². The molecule has 0 unspecified atom stereocenters. The standard InChI is InChI=1S/C23H48N6O/c1-2-3-4-7-10-21(30)29-23-12-9-6-5-8-11-22(24,17-25-13-15-27-19-23)18-26-14-16-28-20-23/h25-28H,2-20,24H2,1H3,(H,29,30). The fourth-order valence-corrected chi connectivity index (χ4v) is 4.68. The fraction of sp³-hybridized carbons (Fsp3) is 0.957. The largest absolute Gasteiger partial charge is 0.348 e. The van der Waals surface area contributed by atoms with Crippen molar-refractivity contribution in [3.63, 3.8) is 0 Å². The highest BCUT2D eigenvalue weighted by Gasteiger charge is 2.31. The SMILES string of the molecule is CCCCCCC(=O)NC12CCCCCCC(N)(CNCCNC1)CNCCNC2. The van der Waals surface area contributed by atoms with Gasteiger partial charge in [-0.1, -0.05) is 51.9 Å². The summed E-state index contributed by atoms with van der Waals surface area (Å²) < 4.78 is 0. The van der Waals surface area contributed by atoms with E-state index in [1.54, 1.807) is 0 Å². The van der Waals surface area contributed by atoms with Crippen molar-refractivity contribution in [2.75, 3.05) is 52.4 Å². The summed E-state index contributed by atoms with van der Waals surface area (Å²) >= 11 is 0. The Bertz CT molecular complexity index is 429. The van der Waals surface area contributed by atoms with Gasteiger partial charge in [0.15, 0.2) is 0 Å². The summed E-state index contributed by atoms with van der Waals surface area (Å²) in [4.78, 5) is 12.8. The Balaban J connectivity index is 2.04. The summed E-state index contributed by atoms with van der Waals surface area (Å²) in [7, 11) is 0. The highest BCUT2D eigenvalue weighted by atomic mass is 16.1. The number of hydrogen-bond acceptors (Lipinski definition) is 6. The van der Waals surface area contributed by atoms with Gasteiger partial charge in [0.25, 0.3) is 0 Å². The van der Waals surface area contributed by atoms with Crippen molar-refractivity contribution < 1.29 is 4.79 Å². The molecule has 1 amide bonds. The molecule has 0 radical (unpaired) electrons. The monoisotopic (exact) mass is 424 g/mol. The fourth-order valence-electron chi connectivity index (χ4n) is 4.68. The van der Waals surface area contributed by atoms with Gasteiger partial charge in [-0.05, 0) is 19.3 Å². The van der Waals surface area contributed by atoms with Crippen LogP contribution in [-0.2, 0) is 4.79 Å². The van der Waals surface area contributed by atoms with E-state index < -0.39 is 0 Å². The number of carbonyl (C=O) groups excluding carboxylic acids is 1. The van der Waals surface area contributed by atoms with Crippen LogP contribution in [0.1, 0.15) is 77.6 Å². The maximum atomic E-state index is 12.8. The minimum absolute atomic E-state index is 0.177. The van der Waals surface area contributed by atoms with E-state index >= 15 is 0 Å². The maximum Gasteiger partial charge on any atom is 0.220 e. The number of nitrogens with one attached hydrogen (secondary N) is 5. The van der Waals surface area contributed by atoms with Gasteiger partial charge in [0.1, 0.15) is 0 Å². The van der Waals surface area contributed by atoms with E-state index in [-0.39, 0.29) is 17.0 Å². The highest BCUT2D eigenvalue weighted by Crippen LogP contribution is 2.19. The number of rotatable bonds is 6. The van der Waals surface area contributed by atoms with Gasteiger partial charge in [0, 0.05) is 64.3 Å². The average molecular weight is 425 g/mol. The van der Waals surface area contributed by atoms with Gasteiger partial charge in [0.05, 0.1) is 5.54 Å². The number of carbonyl (C=O) groups is 1. The number of nitrogens with two attached hydrogens (primary N) is 1. The first kappa shape index (κ1) is 25.5. The van der Waals surface area contributed by atoms with Crippen molar-refractivity contribution in [2.24, 2.45) is 5.73 Å². The first-order valence-electron chi connectivity index (χ1n) is 12.5. The predicted molar refractivity (Wildman–Crippen MR) is 126 cm³/mol. The first-order valence-corrected chi connectivity index (χ1v) is 12.5. The van der Waals surface area contributed by atoms with E-state index in [1.807, 2.05) is 0 Å². The number of hydrogen-bond donors (Lipinski definition) is 6. The zero-order chi connectivity index (χ0) is 21.5. The summed E-state index contributed by atoms with van der Waals surface area (Å²) in [6.45, 7) is 9.07. The lowest BCUT2D eigenvalue weighted by Gasteiger charge is -2.37. The van der Waals surface area contributed by atoms with Crippen LogP contribution in [0.4, 0.5) is 0 Å². The van der Waals surface area contributed by atoms with Crippen molar-refractivity contribution in [1.82, 2.24) is 26.6 Å². The molecule has 30 heavy (non-hydrogen) atoms. The average Bonchev–Trinajstić information content (AvgIpc) is 2.72. The van der Waals surface area contributed by atoms with Crippen LogP contribution in [0.25, 0.3) is 0 Å². The summed E-state index contributed by atoms with van der Waals surface area (Å²) in [6.07, 6.45) is 12.0. The molecule has 7 nitrogen and oxygen atoms in total. The third-order valence-electron chi connectivity index (χ3n) is 6.58. The van der Waals surface area contributed by atoms with Crippen LogP contribution in [0.15, 0.2) is 0 Å². The number of unbranched alkanes of at least 4 members (excludes halogenated alkanes) is 3. The molecule has 0 aromatic heterocycles. The molecule has 7 heteroatoms. The van der Waals surface area contributed by atoms with Crippen LogP contribution < -0.4 is 32.3 Å². The van der Waals surface area contributed by atoms with Gasteiger partial charge in [-0.3, -0.25) is 4.79 Å². The van der Waals surface area contributed by atoms with Gasteiger partial charge in [-0.25, -0.2) is 0 Å². The molecule has 0 saturated carbocycles. The second-order valence-corrected chi connectivity index (χ2v) is 9.62. The lowest BCUT2D eigenvalue weighted by atomic mass is 9.88. The Morgan fingerprint density at radius 1 is 0.800 bits per heavy atom. The molecule has 3 heterocycles. The predicted octanol–water partition coefficient (Wildman–Crippen LogP) is 1.24. The third kappa shape index (κ3) is 10.1. The molecule has 3 rings (SSSR count). The Hall–Kier alpha value is -0.730. The zero-order valence-electron chi connectivity index (χ0n) is 19.4. The van der Waals surface area contributed by atoms with Crippen molar-refractivity contribution in [3.8, 4) is 0 Å². The van der Waals surface area contributed by atoms with Crippen LogP contribution in [0.2, 0.25) is 0 Å².